The van der Waals surface area contributed by atoms with Crippen molar-refractivity contribution < 1.29 is 9.47 Å². The summed E-state index contributed by atoms with van der Waals surface area (Å²) in [6.45, 7) is 2.95. The highest BCUT2D eigenvalue weighted by atomic mass is 16.5. The molecule has 3 aliphatic rings. The molecule has 3 fully saturated rings. The van der Waals surface area contributed by atoms with Crippen molar-refractivity contribution in [2.45, 2.75) is 30.8 Å². The maximum atomic E-state index is 5.93. The SMILES string of the molecule is [B]c1cn2cc(C34COC(C)(C3)C4)nc2cc1OC. The van der Waals surface area contributed by atoms with Crippen molar-refractivity contribution in [3.8, 4) is 5.75 Å². The van der Waals surface area contributed by atoms with E-state index in [0.717, 1.165) is 30.8 Å². The number of hydrogen-bond donors (Lipinski definition) is 0. The largest absolute Gasteiger partial charge is 0.497 e. The van der Waals surface area contributed by atoms with Gasteiger partial charge < -0.3 is 13.9 Å². The zero-order chi connectivity index (χ0) is 13.3. The molecule has 0 amide bonds. The third kappa shape index (κ3) is 1.42. The number of hydrogen-bond acceptors (Lipinski definition) is 3. The monoisotopic (exact) mass is 254 g/mol. The summed E-state index contributed by atoms with van der Waals surface area (Å²) in [6, 6.07) is 1.88. The molecule has 2 aromatic rings. The zero-order valence-corrected chi connectivity index (χ0v) is 11.1. The average Bonchev–Trinajstić information content (AvgIpc) is 2.97. The van der Waals surface area contributed by atoms with Crippen LogP contribution < -0.4 is 10.2 Å². The molecule has 4 nitrogen and oxygen atoms in total. The highest BCUT2D eigenvalue weighted by Gasteiger charge is 2.61. The van der Waals surface area contributed by atoms with E-state index in [2.05, 4.69) is 13.1 Å². The molecule has 5 rings (SSSR count). The smallest absolute Gasteiger partial charge is 0.140 e. The highest BCUT2D eigenvalue weighted by Crippen LogP contribution is 2.58. The Kier molecular flexibility index (Phi) is 1.99. The van der Waals surface area contributed by atoms with E-state index >= 15 is 0 Å². The third-order valence-corrected chi connectivity index (χ3v) is 4.47. The Bertz CT molecular complexity index is 673. The molecule has 0 aromatic carbocycles. The van der Waals surface area contributed by atoms with Crippen LogP contribution in [0.1, 0.15) is 25.5 Å². The van der Waals surface area contributed by atoms with Gasteiger partial charge in [0.05, 0.1) is 25.0 Å². The predicted molar refractivity (Wildman–Crippen MR) is 72.4 cm³/mol. The van der Waals surface area contributed by atoms with Gasteiger partial charge in [0.25, 0.3) is 0 Å². The van der Waals surface area contributed by atoms with Gasteiger partial charge in [-0.15, -0.1) is 0 Å². The first-order valence-corrected chi connectivity index (χ1v) is 6.50. The van der Waals surface area contributed by atoms with Crippen LogP contribution in [0.25, 0.3) is 5.65 Å². The van der Waals surface area contributed by atoms with E-state index in [-0.39, 0.29) is 11.0 Å². The molecule has 4 heterocycles. The molecular weight excluding hydrogens is 239 g/mol. The van der Waals surface area contributed by atoms with Gasteiger partial charge in [-0.1, -0.05) is 0 Å². The number of fused-ring (bicyclic) bond motifs is 2. The van der Waals surface area contributed by atoms with Crippen LogP contribution in [0.5, 0.6) is 5.75 Å². The second kappa shape index (κ2) is 3.34. The molecule has 5 heteroatoms. The Hall–Kier alpha value is -1.49. The number of methoxy groups -OCH3 is 1. The first-order chi connectivity index (χ1) is 9.04. The summed E-state index contributed by atoms with van der Waals surface area (Å²) in [5.74, 6) is 0.670. The summed E-state index contributed by atoms with van der Waals surface area (Å²) in [4.78, 5) is 4.73. The van der Waals surface area contributed by atoms with Crippen LogP contribution >= 0.6 is 0 Å². The van der Waals surface area contributed by atoms with Gasteiger partial charge in [0.2, 0.25) is 0 Å². The molecule has 2 aliphatic heterocycles. The fourth-order valence-electron chi connectivity index (χ4n) is 3.62. The normalized spacial score (nSPS) is 32.5. The van der Waals surface area contributed by atoms with Crippen LogP contribution in [0, 0.1) is 0 Å². The lowest BCUT2D eigenvalue weighted by molar-refractivity contribution is 0.0154. The van der Waals surface area contributed by atoms with Crippen LogP contribution in [0.3, 0.4) is 0 Å². The summed E-state index contributed by atoms with van der Waals surface area (Å²) in [5.41, 5.74) is 2.79. The van der Waals surface area contributed by atoms with Crippen molar-refractivity contribution >= 4 is 19.0 Å². The van der Waals surface area contributed by atoms with Gasteiger partial charge in [-0.3, -0.25) is 0 Å². The van der Waals surface area contributed by atoms with Crippen molar-refractivity contribution in [1.29, 1.82) is 0 Å². The van der Waals surface area contributed by atoms with E-state index < -0.39 is 0 Å². The van der Waals surface area contributed by atoms with Gasteiger partial charge in [-0.05, 0) is 25.2 Å². The average molecular weight is 254 g/mol. The third-order valence-electron chi connectivity index (χ3n) is 4.47. The molecule has 0 spiro atoms. The molecule has 0 atom stereocenters. The number of imidazole rings is 1. The summed E-state index contributed by atoms with van der Waals surface area (Å²) < 4.78 is 13.0. The Balaban J connectivity index is 1.81. The lowest BCUT2D eigenvalue weighted by atomic mass is 9.62. The molecule has 96 valence electrons. The van der Waals surface area contributed by atoms with Crippen LogP contribution in [0.15, 0.2) is 18.5 Å². The van der Waals surface area contributed by atoms with E-state index in [4.69, 9.17) is 22.3 Å². The summed E-state index contributed by atoms with van der Waals surface area (Å²) >= 11 is 0. The van der Waals surface area contributed by atoms with E-state index in [0.29, 0.717) is 11.2 Å². The lowest BCUT2D eigenvalue weighted by Gasteiger charge is -2.41. The molecule has 0 unspecified atom stereocenters. The molecule has 19 heavy (non-hydrogen) atoms. The molecule has 2 radical (unpaired) electrons. The van der Waals surface area contributed by atoms with E-state index in [1.165, 1.54) is 0 Å². The highest BCUT2D eigenvalue weighted by molar-refractivity contribution is 6.34. The predicted octanol–water partition coefficient (Wildman–Crippen LogP) is 0.957. The topological polar surface area (TPSA) is 35.8 Å². The quantitative estimate of drug-likeness (QED) is 0.749. The molecule has 2 saturated heterocycles. The zero-order valence-electron chi connectivity index (χ0n) is 11.1. The minimum absolute atomic E-state index is 0.0759. The van der Waals surface area contributed by atoms with Crippen molar-refractivity contribution in [2.24, 2.45) is 0 Å². The van der Waals surface area contributed by atoms with E-state index in [1.807, 2.05) is 16.7 Å². The van der Waals surface area contributed by atoms with Crippen molar-refractivity contribution in [3.63, 3.8) is 0 Å². The van der Waals surface area contributed by atoms with Gasteiger partial charge in [0, 0.05) is 23.9 Å². The lowest BCUT2D eigenvalue weighted by Crippen LogP contribution is -2.45. The summed E-state index contributed by atoms with van der Waals surface area (Å²) in [5, 5.41) is 0. The van der Waals surface area contributed by atoms with Gasteiger partial charge in [0.1, 0.15) is 19.2 Å². The summed E-state index contributed by atoms with van der Waals surface area (Å²) in [7, 11) is 7.54. The maximum absolute atomic E-state index is 5.93. The number of rotatable bonds is 2. The Morgan fingerprint density at radius 2 is 2.21 bits per heavy atom. The number of ether oxygens (including phenoxy) is 2. The van der Waals surface area contributed by atoms with Gasteiger partial charge in [0.15, 0.2) is 0 Å². The summed E-state index contributed by atoms with van der Waals surface area (Å²) in [6.07, 6.45) is 6.06. The maximum Gasteiger partial charge on any atom is 0.140 e. The molecule has 2 aromatic heterocycles. The van der Waals surface area contributed by atoms with E-state index in [1.54, 1.807) is 7.11 Å². The minimum Gasteiger partial charge on any atom is -0.497 e. The fraction of sp³-hybridized carbons (Fsp3) is 0.500. The Morgan fingerprint density at radius 3 is 2.84 bits per heavy atom. The number of pyridine rings is 1. The van der Waals surface area contributed by atoms with Crippen molar-refractivity contribution in [3.05, 3.63) is 24.2 Å². The van der Waals surface area contributed by atoms with Gasteiger partial charge in [-0.25, -0.2) is 4.98 Å². The van der Waals surface area contributed by atoms with Crippen molar-refractivity contribution in [1.82, 2.24) is 9.38 Å². The Labute approximate surface area is 113 Å². The first kappa shape index (κ1) is 11.4. The molecule has 0 N–H and O–H groups in total. The van der Waals surface area contributed by atoms with Crippen LogP contribution in [-0.2, 0) is 10.2 Å². The van der Waals surface area contributed by atoms with Gasteiger partial charge in [-0.2, -0.15) is 0 Å². The Morgan fingerprint density at radius 1 is 1.42 bits per heavy atom. The molecule has 1 saturated carbocycles. The van der Waals surface area contributed by atoms with Crippen LogP contribution in [0.4, 0.5) is 0 Å². The first-order valence-electron chi connectivity index (χ1n) is 6.50. The second-order valence-electron chi connectivity index (χ2n) is 6.06. The molecule has 2 bridgehead atoms. The number of aromatic nitrogens is 2. The minimum atomic E-state index is 0.0759. The molecule has 1 aliphatic carbocycles. The van der Waals surface area contributed by atoms with Crippen molar-refractivity contribution in [2.75, 3.05) is 13.7 Å². The second-order valence-corrected chi connectivity index (χ2v) is 6.06. The van der Waals surface area contributed by atoms with Crippen LogP contribution in [-0.4, -0.2) is 36.5 Å². The number of nitrogens with zero attached hydrogens (tertiary/aromatic N) is 2. The van der Waals surface area contributed by atoms with E-state index in [9.17, 15) is 0 Å². The standard InChI is InChI=1S/C14H15BN2O2/c1-13-6-14(7-13,8-19-13)11-5-17-4-9(15)10(18-2)3-12(17)16-11/h3-5H,6-8H2,1-2H3. The van der Waals surface area contributed by atoms with Gasteiger partial charge >= 0.3 is 0 Å². The molecular formula is C14H15BN2O2. The fourth-order valence-corrected chi connectivity index (χ4v) is 3.62. The van der Waals surface area contributed by atoms with Crippen LogP contribution in [0.2, 0.25) is 0 Å².